The van der Waals surface area contributed by atoms with Crippen LogP contribution in [0.2, 0.25) is 0 Å². The summed E-state index contributed by atoms with van der Waals surface area (Å²) in [5, 5.41) is 11.8. The van der Waals surface area contributed by atoms with Crippen molar-refractivity contribution in [1.29, 1.82) is 0 Å². The molecular formula is C19H25BrN4OS2. The number of amides is 1. The van der Waals surface area contributed by atoms with Gasteiger partial charge in [0.15, 0.2) is 4.34 Å². The maximum Gasteiger partial charge on any atom is 0.229 e. The van der Waals surface area contributed by atoms with E-state index in [9.17, 15) is 4.79 Å². The third-order valence-corrected chi connectivity index (χ3v) is 7.38. The molecule has 1 amide bonds. The van der Waals surface area contributed by atoms with E-state index in [1.165, 1.54) is 16.9 Å². The SMILES string of the molecule is CC(C)CSc1nnc(NC(=O)C2CCN(Cc3ccc(Br)cc3)CC2)s1. The lowest BCUT2D eigenvalue weighted by Crippen LogP contribution is -2.37. The Morgan fingerprint density at radius 1 is 1.30 bits per heavy atom. The van der Waals surface area contributed by atoms with Crippen molar-refractivity contribution in [3.8, 4) is 0 Å². The summed E-state index contributed by atoms with van der Waals surface area (Å²) in [6.45, 7) is 7.19. The van der Waals surface area contributed by atoms with Crippen LogP contribution >= 0.6 is 39.0 Å². The fraction of sp³-hybridized carbons (Fsp3) is 0.526. The summed E-state index contributed by atoms with van der Waals surface area (Å²) >= 11 is 6.63. The van der Waals surface area contributed by atoms with E-state index in [0.717, 1.165) is 47.0 Å². The van der Waals surface area contributed by atoms with Gasteiger partial charge in [0.05, 0.1) is 0 Å². The first-order valence-electron chi connectivity index (χ1n) is 9.23. The van der Waals surface area contributed by atoms with E-state index in [1.807, 2.05) is 0 Å². The number of halogens is 1. The normalized spacial score (nSPS) is 16.0. The van der Waals surface area contributed by atoms with Gasteiger partial charge in [-0.3, -0.25) is 9.69 Å². The number of rotatable bonds is 7. The number of carbonyl (C=O) groups is 1. The highest BCUT2D eigenvalue weighted by Gasteiger charge is 2.25. The van der Waals surface area contributed by atoms with Crippen LogP contribution in [-0.2, 0) is 11.3 Å². The van der Waals surface area contributed by atoms with Crippen LogP contribution in [0.3, 0.4) is 0 Å². The van der Waals surface area contributed by atoms with Crippen LogP contribution in [0.15, 0.2) is 33.1 Å². The predicted octanol–water partition coefficient (Wildman–Crippen LogP) is 4.90. The molecule has 146 valence electrons. The summed E-state index contributed by atoms with van der Waals surface area (Å²) in [7, 11) is 0. The molecule has 0 unspecified atom stereocenters. The van der Waals surface area contributed by atoms with Gasteiger partial charge in [0.2, 0.25) is 11.0 Å². The van der Waals surface area contributed by atoms with Gasteiger partial charge >= 0.3 is 0 Å². The highest BCUT2D eigenvalue weighted by Crippen LogP contribution is 2.28. The van der Waals surface area contributed by atoms with Crippen LogP contribution in [0, 0.1) is 11.8 Å². The molecule has 2 aromatic rings. The number of nitrogens with one attached hydrogen (secondary N) is 1. The lowest BCUT2D eigenvalue weighted by molar-refractivity contribution is -0.121. The number of hydrogen-bond acceptors (Lipinski definition) is 6. The summed E-state index contributed by atoms with van der Waals surface area (Å²) in [6, 6.07) is 8.44. The number of aromatic nitrogens is 2. The number of anilines is 1. The van der Waals surface area contributed by atoms with Gasteiger partial charge in [-0.1, -0.05) is 65.0 Å². The molecule has 1 aliphatic heterocycles. The second-order valence-electron chi connectivity index (χ2n) is 7.24. The van der Waals surface area contributed by atoms with Gasteiger partial charge in [0, 0.05) is 22.7 Å². The quantitative estimate of drug-likeness (QED) is 0.462. The molecule has 8 heteroatoms. The van der Waals surface area contributed by atoms with Gasteiger partial charge < -0.3 is 5.32 Å². The van der Waals surface area contributed by atoms with Crippen molar-refractivity contribution < 1.29 is 4.79 Å². The molecule has 1 fully saturated rings. The average molecular weight is 469 g/mol. The molecule has 0 saturated carbocycles. The lowest BCUT2D eigenvalue weighted by Gasteiger charge is -2.31. The Hall–Kier alpha value is -0.960. The van der Waals surface area contributed by atoms with E-state index in [4.69, 9.17) is 0 Å². The number of nitrogens with zero attached hydrogens (tertiary/aromatic N) is 3. The minimum Gasteiger partial charge on any atom is -0.300 e. The van der Waals surface area contributed by atoms with E-state index in [2.05, 4.69) is 74.5 Å². The van der Waals surface area contributed by atoms with Crippen molar-refractivity contribution in [2.75, 3.05) is 24.2 Å². The van der Waals surface area contributed by atoms with Gasteiger partial charge in [-0.05, 0) is 49.5 Å². The molecule has 1 aliphatic rings. The Bertz CT molecular complexity index is 742. The molecule has 0 aliphatic carbocycles. The Labute approximate surface area is 177 Å². The van der Waals surface area contributed by atoms with Crippen LogP contribution in [0.4, 0.5) is 5.13 Å². The molecule has 0 atom stereocenters. The van der Waals surface area contributed by atoms with E-state index in [-0.39, 0.29) is 11.8 Å². The highest BCUT2D eigenvalue weighted by molar-refractivity contribution is 9.10. The number of hydrogen-bond donors (Lipinski definition) is 1. The maximum absolute atomic E-state index is 12.5. The first-order chi connectivity index (χ1) is 13.0. The summed E-state index contributed by atoms with van der Waals surface area (Å²) in [5.41, 5.74) is 1.31. The molecule has 1 saturated heterocycles. The third kappa shape index (κ3) is 6.55. The Morgan fingerprint density at radius 2 is 2.00 bits per heavy atom. The van der Waals surface area contributed by atoms with Gasteiger partial charge in [-0.25, -0.2) is 0 Å². The zero-order chi connectivity index (χ0) is 19.2. The van der Waals surface area contributed by atoms with E-state index in [0.29, 0.717) is 11.0 Å². The summed E-state index contributed by atoms with van der Waals surface area (Å²) in [4.78, 5) is 15.0. The lowest BCUT2D eigenvalue weighted by atomic mass is 9.95. The van der Waals surface area contributed by atoms with Crippen LogP contribution in [0.5, 0.6) is 0 Å². The summed E-state index contributed by atoms with van der Waals surface area (Å²) < 4.78 is 2.02. The van der Waals surface area contributed by atoms with Crippen molar-refractivity contribution in [3.05, 3.63) is 34.3 Å². The molecule has 1 aromatic heterocycles. The second-order valence-corrected chi connectivity index (χ2v) is 10.4. The highest BCUT2D eigenvalue weighted by atomic mass is 79.9. The van der Waals surface area contributed by atoms with Crippen molar-refractivity contribution in [2.45, 2.75) is 37.6 Å². The minimum absolute atomic E-state index is 0.0573. The molecule has 3 rings (SSSR count). The monoisotopic (exact) mass is 468 g/mol. The zero-order valence-electron chi connectivity index (χ0n) is 15.7. The van der Waals surface area contributed by atoms with E-state index >= 15 is 0 Å². The molecule has 0 bridgehead atoms. The number of thioether (sulfide) groups is 1. The third-order valence-electron chi connectivity index (χ3n) is 4.45. The number of benzene rings is 1. The fourth-order valence-electron chi connectivity index (χ4n) is 2.97. The van der Waals surface area contributed by atoms with Gasteiger partial charge in [-0.2, -0.15) is 0 Å². The maximum atomic E-state index is 12.5. The topological polar surface area (TPSA) is 58.1 Å². The molecule has 5 nitrogen and oxygen atoms in total. The average Bonchev–Trinajstić information content (AvgIpc) is 3.10. The summed E-state index contributed by atoms with van der Waals surface area (Å²) in [6.07, 6.45) is 1.77. The van der Waals surface area contributed by atoms with Crippen molar-refractivity contribution >= 4 is 50.1 Å². The van der Waals surface area contributed by atoms with Crippen molar-refractivity contribution in [1.82, 2.24) is 15.1 Å². The number of carbonyl (C=O) groups excluding carboxylic acids is 1. The molecule has 0 radical (unpaired) electrons. The van der Waals surface area contributed by atoms with Crippen LogP contribution in [0.25, 0.3) is 0 Å². The largest absolute Gasteiger partial charge is 0.300 e. The minimum atomic E-state index is 0.0573. The Morgan fingerprint density at radius 3 is 2.67 bits per heavy atom. The van der Waals surface area contributed by atoms with Gasteiger partial charge in [0.25, 0.3) is 0 Å². The van der Waals surface area contributed by atoms with E-state index < -0.39 is 0 Å². The van der Waals surface area contributed by atoms with Crippen LogP contribution in [0.1, 0.15) is 32.3 Å². The molecule has 1 aromatic carbocycles. The second kappa shape index (κ2) is 10.0. The number of piperidine rings is 1. The first kappa shape index (κ1) is 20.8. The van der Waals surface area contributed by atoms with Gasteiger partial charge in [0.1, 0.15) is 0 Å². The number of likely N-dealkylation sites (tertiary alicyclic amines) is 1. The molecule has 2 heterocycles. The van der Waals surface area contributed by atoms with Crippen LogP contribution < -0.4 is 5.32 Å². The Kier molecular flexibility index (Phi) is 7.69. The summed E-state index contributed by atoms with van der Waals surface area (Å²) in [5.74, 6) is 1.76. The molecular weight excluding hydrogens is 444 g/mol. The standard InChI is InChI=1S/C19H25BrN4OS2/c1-13(2)12-26-19-23-22-18(27-19)21-17(25)15-7-9-24(10-8-15)11-14-3-5-16(20)6-4-14/h3-6,13,15H,7-12H2,1-2H3,(H,21,22,25). The predicted molar refractivity (Wildman–Crippen MR) is 116 cm³/mol. The van der Waals surface area contributed by atoms with Gasteiger partial charge in [-0.15, -0.1) is 10.2 Å². The van der Waals surface area contributed by atoms with E-state index in [1.54, 1.807) is 11.8 Å². The van der Waals surface area contributed by atoms with Crippen molar-refractivity contribution in [3.63, 3.8) is 0 Å². The smallest absolute Gasteiger partial charge is 0.229 e. The zero-order valence-corrected chi connectivity index (χ0v) is 18.9. The Balaban J connectivity index is 1.43. The molecule has 1 N–H and O–H groups in total. The van der Waals surface area contributed by atoms with Crippen molar-refractivity contribution in [2.24, 2.45) is 11.8 Å². The fourth-order valence-corrected chi connectivity index (χ4v) is 4.96. The van der Waals surface area contributed by atoms with Crippen LogP contribution in [-0.4, -0.2) is 39.8 Å². The first-order valence-corrected chi connectivity index (χ1v) is 11.8. The molecule has 0 spiro atoms. The molecule has 27 heavy (non-hydrogen) atoms.